The van der Waals surface area contributed by atoms with Crippen molar-refractivity contribution >= 4 is 29.6 Å². The third-order valence-electron chi connectivity index (χ3n) is 5.09. The van der Waals surface area contributed by atoms with E-state index in [9.17, 15) is 24.0 Å². The van der Waals surface area contributed by atoms with Crippen molar-refractivity contribution in [1.29, 1.82) is 0 Å². The Hall–Kier alpha value is -3.43. The molecule has 0 saturated carbocycles. The van der Waals surface area contributed by atoms with Crippen LogP contribution in [0.25, 0.3) is 0 Å². The lowest BCUT2D eigenvalue weighted by atomic mass is 10.0. The van der Waals surface area contributed by atoms with Gasteiger partial charge in [0, 0.05) is 6.54 Å². The van der Waals surface area contributed by atoms with Gasteiger partial charge in [0.1, 0.15) is 18.7 Å². The Bertz CT molecular complexity index is 858. The molecule has 180 valence electrons. The molecule has 0 radical (unpaired) electrons. The van der Waals surface area contributed by atoms with E-state index in [1.807, 2.05) is 32.0 Å². The molecule has 4 N–H and O–H groups in total. The van der Waals surface area contributed by atoms with Crippen LogP contribution in [0.15, 0.2) is 30.3 Å². The molecule has 0 bridgehead atoms. The molecule has 0 aromatic heterocycles. The lowest BCUT2D eigenvalue weighted by Crippen LogP contribution is -2.54. The maximum Gasteiger partial charge on any atom is 0.408 e. The third-order valence-corrected chi connectivity index (χ3v) is 5.09. The van der Waals surface area contributed by atoms with E-state index in [1.54, 1.807) is 12.1 Å². The molecule has 0 unspecified atom stereocenters. The average Bonchev–Trinajstić information content (AvgIpc) is 2.78. The van der Waals surface area contributed by atoms with Crippen molar-refractivity contribution in [2.24, 2.45) is 5.92 Å². The lowest BCUT2D eigenvalue weighted by molar-refractivity contribution is -0.141. The van der Waals surface area contributed by atoms with Gasteiger partial charge < -0.3 is 26.0 Å². The first-order valence-electron chi connectivity index (χ1n) is 11.1. The summed E-state index contributed by atoms with van der Waals surface area (Å²) >= 11 is 0. The second kappa shape index (κ2) is 12.6. The van der Waals surface area contributed by atoms with Crippen LogP contribution >= 0.6 is 0 Å². The van der Waals surface area contributed by atoms with Gasteiger partial charge in [-0.1, -0.05) is 44.2 Å². The monoisotopic (exact) mass is 460 g/mol. The van der Waals surface area contributed by atoms with E-state index in [-0.39, 0.29) is 25.5 Å². The van der Waals surface area contributed by atoms with Gasteiger partial charge in [-0.3, -0.25) is 19.2 Å². The van der Waals surface area contributed by atoms with Crippen molar-refractivity contribution in [1.82, 2.24) is 21.3 Å². The maximum absolute atomic E-state index is 12.7. The summed E-state index contributed by atoms with van der Waals surface area (Å²) in [6.45, 7) is 5.44. The molecule has 10 nitrogen and oxygen atoms in total. The Morgan fingerprint density at radius 3 is 2.45 bits per heavy atom. The molecule has 4 amide bonds. The number of nitrogens with one attached hydrogen (secondary N) is 4. The van der Waals surface area contributed by atoms with Gasteiger partial charge in [-0.2, -0.15) is 0 Å². The summed E-state index contributed by atoms with van der Waals surface area (Å²) < 4.78 is 5.17. The Labute approximate surface area is 193 Å². The zero-order valence-electron chi connectivity index (χ0n) is 19.2. The predicted octanol–water partition coefficient (Wildman–Crippen LogP) is 0.796. The number of ether oxygens (including phenoxy) is 1. The van der Waals surface area contributed by atoms with Gasteiger partial charge in [0.15, 0.2) is 0 Å². The zero-order chi connectivity index (χ0) is 24.4. The number of ketones is 1. The molecule has 2 rings (SSSR count). The number of hydrogen-bond acceptors (Lipinski definition) is 6. The number of amides is 4. The fourth-order valence-electron chi connectivity index (χ4n) is 3.33. The molecular weight excluding hydrogens is 428 g/mol. The second-order valence-corrected chi connectivity index (χ2v) is 8.44. The van der Waals surface area contributed by atoms with Gasteiger partial charge in [-0.05, 0) is 37.7 Å². The number of hydrogen-bond donors (Lipinski definition) is 4. The molecule has 1 aliphatic rings. The summed E-state index contributed by atoms with van der Waals surface area (Å²) in [5, 5.41) is 10.2. The van der Waals surface area contributed by atoms with Gasteiger partial charge >= 0.3 is 6.09 Å². The summed E-state index contributed by atoms with van der Waals surface area (Å²) in [7, 11) is 0. The highest BCUT2D eigenvalue weighted by molar-refractivity contribution is 6.38. The normalized spacial score (nSPS) is 22.7. The van der Waals surface area contributed by atoms with E-state index in [4.69, 9.17) is 4.74 Å². The summed E-state index contributed by atoms with van der Waals surface area (Å²) in [6.07, 6.45) is 0.154. The van der Waals surface area contributed by atoms with Gasteiger partial charge in [0.05, 0.1) is 6.04 Å². The van der Waals surface area contributed by atoms with E-state index in [2.05, 4.69) is 21.3 Å². The van der Waals surface area contributed by atoms with Crippen LogP contribution in [0.1, 0.15) is 45.6 Å². The third kappa shape index (κ3) is 8.55. The molecule has 33 heavy (non-hydrogen) atoms. The highest BCUT2D eigenvalue weighted by Gasteiger charge is 2.31. The van der Waals surface area contributed by atoms with Crippen molar-refractivity contribution in [3.63, 3.8) is 0 Å². The second-order valence-electron chi connectivity index (χ2n) is 8.44. The standard InChI is InChI=1S/C23H32N4O6/c1-14(2)12-18-20(29)24-11-7-10-17(21(30)25-15(3)19(28)22(31)26-18)27-23(32)33-13-16-8-5-4-6-9-16/h4-6,8-9,14-15,17-18H,7,10-13H2,1-3H3,(H,24,29)(H,25,30)(H,26,31)(H,27,32)/t15-,17-,18-/m0/s1. The van der Waals surface area contributed by atoms with Crippen LogP contribution in [0.5, 0.6) is 0 Å². The first kappa shape index (κ1) is 25.8. The molecule has 10 heteroatoms. The molecule has 0 aliphatic carbocycles. The van der Waals surface area contributed by atoms with Crippen LogP contribution in [-0.2, 0) is 30.5 Å². The fraction of sp³-hybridized carbons (Fsp3) is 0.522. The minimum Gasteiger partial charge on any atom is -0.445 e. The smallest absolute Gasteiger partial charge is 0.408 e. The summed E-state index contributed by atoms with van der Waals surface area (Å²) in [5.74, 6) is -2.74. The van der Waals surface area contributed by atoms with Crippen LogP contribution in [0.4, 0.5) is 4.79 Å². The van der Waals surface area contributed by atoms with Gasteiger partial charge in [0.25, 0.3) is 5.91 Å². The number of benzene rings is 1. The lowest BCUT2D eigenvalue weighted by Gasteiger charge is -2.21. The molecule has 1 heterocycles. The first-order valence-corrected chi connectivity index (χ1v) is 11.1. The van der Waals surface area contributed by atoms with E-state index in [1.165, 1.54) is 6.92 Å². The Morgan fingerprint density at radius 1 is 1.09 bits per heavy atom. The van der Waals surface area contributed by atoms with Crippen LogP contribution in [0.2, 0.25) is 0 Å². The Kier molecular flexibility index (Phi) is 9.84. The van der Waals surface area contributed by atoms with E-state index in [0.717, 1.165) is 5.56 Å². The molecule has 1 aromatic rings. The number of carbonyl (C=O) groups excluding carboxylic acids is 5. The predicted molar refractivity (Wildman–Crippen MR) is 120 cm³/mol. The topological polar surface area (TPSA) is 143 Å². The molecule has 1 aliphatic heterocycles. The van der Waals surface area contributed by atoms with Gasteiger partial charge in [0.2, 0.25) is 17.6 Å². The highest BCUT2D eigenvalue weighted by atomic mass is 16.5. The van der Waals surface area contributed by atoms with Crippen LogP contribution in [0.3, 0.4) is 0 Å². The molecule has 1 saturated heterocycles. The van der Waals surface area contributed by atoms with Gasteiger partial charge in [-0.25, -0.2) is 4.79 Å². The minimum atomic E-state index is -1.13. The summed E-state index contributed by atoms with van der Waals surface area (Å²) in [6, 6.07) is 6.07. The van der Waals surface area contributed by atoms with Crippen molar-refractivity contribution < 1.29 is 28.7 Å². The summed E-state index contributed by atoms with van der Waals surface area (Å²) in [4.78, 5) is 62.3. The Balaban J connectivity index is 2.06. The largest absolute Gasteiger partial charge is 0.445 e. The number of alkyl carbamates (subject to hydrolysis) is 1. The van der Waals surface area contributed by atoms with Crippen molar-refractivity contribution in [2.75, 3.05) is 6.54 Å². The Morgan fingerprint density at radius 2 is 1.79 bits per heavy atom. The first-order chi connectivity index (χ1) is 15.7. The molecule has 1 aromatic carbocycles. The van der Waals surface area contributed by atoms with Crippen molar-refractivity contribution in [2.45, 2.75) is 64.8 Å². The number of rotatable bonds is 5. The number of carbonyl (C=O) groups is 5. The maximum atomic E-state index is 12.7. The van der Waals surface area contributed by atoms with Gasteiger partial charge in [-0.15, -0.1) is 0 Å². The van der Waals surface area contributed by atoms with Crippen molar-refractivity contribution in [3.8, 4) is 0 Å². The molecular formula is C23H32N4O6. The van der Waals surface area contributed by atoms with E-state index in [0.29, 0.717) is 12.8 Å². The van der Waals surface area contributed by atoms with E-state index < -0.39 is 47.7 Å². The average molecular weight is 461 g/mol. The van der Waals surface area contributed by atoms with Crippen LogP contribution < -0.4 is 21.3 Å². The zero-order valence-corrected chi connectivity index (χ0v) is 19.2. The quantitative estimate of drug-likeness (QED) is 0.479. The number of Topliss-reactive ketones (excluding diaryl/α,β-unsaturated/α-hetero) is 1. The molecule has 1 fully saturated rings. The SMILES string of the molecule is CC(C)C[C@@H]1NC(=O)C(=O)[C@H](C)NC(=O)[C@@H](NC(=O)OCc2ccccc2)CCCNC1=O. The van der Waals surface area contributed by atoms with Crippen molar-refractivity contribution in [3.05, 3.63) is 35.9 Å². The van der Waals surface area contributed by atoms with Crippen LogP contribution in [0, 0.1) is 5.92 Å². The molecule has 3 atom stereocenters. The summed E-state index contributed by atoms with van der Waals surface area (Å²) in [5.41, 5.74) is 0.788. The minimum absolute atomic E-state index is 0.0311. The fourth-order valence-corrected chi connectivity index (χ4v) is 3.33. The highest BCUT2D eigenvalue weighted by Crippen LogP contribution is 2.07. The molecule has 0 spiro atoms. The van der Waals surface area contributed by atoms with E-state index >= 15 is 0 Å². The van der Waals surface area contributed by atoms with Crippen LogP contribution in [-0.4, -0.2) is 54.3 Å².